The van der Waals surface area contributed by atoms with Gasteiger partial charge in [-0.05, 0) is 74.7 Å². The average molecular weight is 624 g/mol. The number of methoxy groups -OCH3 is 1. The van der Waals surface area contributed by atoms with Gasteiger partial charge in [-0.1, -0.05) is 6.07 Å². The lowest BCUT2D eigenvalue weighted by molar-refractivity contribution is -0.274. The smallest absolute Gasteiger partial charge is 0.495 e. The monoisotopic (exact) mass is 623 g/mol. The van der Waals surface area contributed by atoms with E-state index in [1.165, 1.54) is 25.6 Å². The number of likely N-dealkylation sites (N-methyl/N-ethyl adjacent to an activating group) is 1. The standard InChI is InChI=1S/C32H36F3N7O3/c1-40-13-15-41(16-14-40)22-6-8-23(9-7-22)42-18-25(28-29(36)37-19-38-30(28)42)21-5-12-26(27(17-21)44-2)39-31(43)20-3-10-24(11-4-20)45-32(33,34)35/h3-5,10-12,17-19,22-23H,6-9,13-16H2,1-2H3,(H,39,43)(H2,36,37,38). The zero-order valence-electron chi connectivity index (χ0n) is 25.2. The number of rotatable bonds is 7. The van der Waals surface area contributed by atoms with Crippen LogP contribution < -0.4 is 20.5 Å². The molecule has 1 saturated carbocycles. The van der Waals surface area contributed by atoms with E-state index in [9.17, 15) is 18.0 Å². The molecule has 1 aliphatic heterocycles. The molecular weight excluding hydrogens is 587 g/mol. The summed E-state index contributed by atoms with van der Waals surface area (Å²) in [7, 11) is 3.68. The SMILES string of the molecule is COc1cc(-c2cn(C3CCC(N4CCN(C)CC4)CC3)c3ncnc(N)c23)ccc1NC(=O)c1ccc(OC(F)(F)F)cc1. The van der Waals surface area contributed by atoms with Crippen molar-refractivity contribution in [2.24, 2.45) is 0 Å². The highest BCUT2D eigenvalue weighted by molar-refractivity contribution is 6.06. The minimum absolute atomic E-state index is 0.158. The summed E-state index contributed by atoms with van der Waals surface area (Å²) in [4.78, 5) is 26.8. The fourth-order valence-electron chi connectivity index (χ4n) is 6.46. The first-order chi connectivity index (χ1) is 21.6. The molecule has 238 valence electrons. The van der Waals surface area contributed by atoms with Crippen molar-refractivity contribution in [1.82, 2.24) is 24.3 Å². The third-order valence-corrected chi connectivity index (χ3v) is 8.86. The number of aromatic nitrogens is 3. The topological polar surface area (TPSA) is 111 Å². The number of carbonyl (C=O) groups excluding carboxylic acids is 1. The summed E-state index contributed by atoms with van der Waals surface area (Å²) in [6.45, 7) is 4.46. The number of nitrogens with two attached hydrogens (primary N) is 1. The number of fused-ring (bicyclic) bond motifs is 1. The van der Waals surface area contributed by atoms with E-state index in [1.54, 1.807) is 6.07 Å². The number of halogens is 3. The third-order valence-electron chi connectivity index (χ3n) is 8.86. The predicted molar refractivity (Wildman–Crippen MR) is 165 cm³/mol. The first-order valence-electron chi connectivity index (χ1n) is 15.0. The number of carbonyl (C=O) groups is 1. The molecule has 1 aliphatic carbocycles. The Bertz CT molecular complexity index is 1660. The Morgan fingerprint density at radius 1 is 0.978 bits per heavy atom. The fraction of sp³-hybridized carbons (Fsp3) is 0.406. The molecule has 13 heteroatoms. The van der Waals surface area contributed by atoms with Crippen LogP contribution in [0.5, 0.6) is 11.5 Å². The molecule has 0 unspecified atom stereocenters. The third kappa shape index (κ3) is 6.69. The summed E-state index contributed by atoms with van der Waals surface area (Å²) >= 11 is 0. The van der Waals surface area contributed by atoms with Crippen LogP contribution in [0.3, 0.4) is 0 Å². The van der Waals surface area contributed by atoms with Gasteiger partial charge < -0.3 is 30.0 Å². The molecule has 2 aromatic heterocycles. The zero-order chi connectivity index (χ0) is 31.7. The van der Waals surface area contributed by atoms with Gasteiger partial charge in [-0.2, -0.15) is 0 Å². The molecule has 1 saturated heterocycles. The van der Waals surface area contributed by atoms with E-state index in [0.29, 0.717) is 23.3 Å². The van der Waals surface area contributed by atoms with Gasteiger partial charge in [-0.25, -0.2) is 9.97 Å². The van der Waals surface area contributed by atoms with Crippen molar-refractivity contribution in [3.05, 3.63) is 60.6 Å². The van der Waals surface area contributed by atoms with Crippen molar-refractivity contribution in [1.29, 1.82) is 0 Å². The number of hydrogen-bond acceptors (Lipinski definition) is 8. The van der Waals surface area contributed by atoms with Crippen molar-refractivity contribution in [3.8, 4) is 22.6 Å². The van der Waals surface area contributed by atoms with Crippen LogP contribution in [0.1, 0.15) is 42.1 Å². The molecule has 2 aromatic carbocycles. The van der Waals surface area contributed by atoms with Crippen molar-refractivity contribution < 1.29 is 27.4 Å². The number of benzene rings is 2. The lowest BCUT2D eigenvalue weighted by Gasteiger charge is -2.41. The molecule has 2 fully saturated rings. The van der Waals surface area contributed by atoms with Gasteiger partial charge >= 0.3 is 6.36 Å². The second-order valence-corrected chi connectivity index (χ2v) is 11.7. The molecular formula is C32H36F3N7O3. The van der Waals surface area contributed by atoms with E-state index in [-0.39, 0.29) is 11.6 Å². The van der Waals surface area contributed by atoms with Gasteiger partial charge in [0.05, 0.1) is 18.2 Å². The quantitative estimate of drug-likeness (QED) is 0.275. The van der Waals surface area contributed by atoms with Crippen LogP contribution in [0.15, 0.2) is 55.0 Å². The molecule has 0 spiro atoms. The van der Waals surface area contributed by atoms with E-state index in [0.717, 1.165) is 86.2 Å². The van der Waals surface area contributed by atoms with E-state index in [2.05, 4.69) is 47.6 Å². The molecule has 3 heterocycles. The van der Waals surface area contributed by atoms with Gasteiger partial charge in [0.1, 0.15) is 29.3 Å². The molecule has 2 aliphatic rings. The number of amides is 1. The Balaban J connectivity index is 1.22. The molecule has 1 amide bonds. The largest absolute Gasteiger partial charge is 0.573 e. The minimum atomic E-state index is -4.81. The Kier molecular flexibility index (Phi) is 8.56. The maximum atomic E-state index is 12.9. The van der Waals surface area contributed by atoms with E-state index < -0.39 is 18.0 Å². The maximum Gasteiger partial charge on any atom is 0.573 e. The number of nitrogen functional groups attached to an aromatic ring is 1. The van der Waals surface area contributed by atoms with Gasteiger partial charge in [0.2, 0.25) is 0 Å². The highest BCUT2D eigenvalue weighted by Gasteiger charge is 2.32. The van der Waals surface area contributed by atoms with Gasteiger partial charge in [-0.3, -0.25) is 9.69 Å². The van der Waals surface area contributed by atoms with Crippen LogP contribution in [0.2, 0.25) is 0 Å². The molecule has 6 rings (SSSR count). The van der Waals surface area contributed by atoms with Crippen molar-refractivity contribution >= 4 is 28.4 Å². The number of nitrogens with zero attached hydrogens (tertiary/aromatic N) is 5. The van der Waals surface area contributed by atoms with Gasteiger partial charge in [0, 0.05) is 55.6 Å². The Hall–Kier alpha value is -4.36. The van der Waals surface area contributed by atoms with Crippen LogP contribution in [0.4, 0.5) is 24.7 Å². The second kappa shape index (κ2) is 12.6. The summed E-state index contributed by atoms with van der Waals surface area (Å²) in [6.07, 6.45) is 3.12. The number of piperazine rings is 1. The van der Waals surface area contributed by atoms with Crippen LogP contribution in [0, 0.1) is 0 Å². The van der Waals surface area contributed by atoms with Crippen LogP contribution in [-0.2, 0) is 0 Å². The average Bonchev–Trinajstić information content (AvgIpc) is 3.42. The lowest BCUT2D eigenvalue weighted by atomic mass is 9.89. The molecule has 10 nitrogen and oxygen atoms in total. The normalized spacial score (nSPS) is 19.8. The summed E-state index contributed by atoms with van der Waals surface area (Å²) < 4.78 is 49.2. The number of alkyl halides is 3. The molecule has 45 heavy (non-hydrogen) atoms. The van der Waals surface area contributed by atoms with E-state index in [1.807, 2.05) is 12.1 Å². The van der Waals surface area contributed by atoms with Crippen molar-refractivity contribution in [2.45, 2.75) is 44.1 Å². The predicted octanol–water partition coefficient (Wildman–Crippen LogP) is 5.57. The highest BCUT2D eigenvalue weighted by Crippen LogP contribution is 2.41. The number of hydrogen-bond donors (Lipinski definition) is 2. The molecule has 0 atom stereocenters. The van der Waals surface area contributed by atoms with Crippen molar-refractivity contribution in [2.75, 3.05) is 51.4 Å². The second-order valence-electron chi connectivity index (χ2n) is 11.7. The van der Waals surface area contributed by atoms with Crippen LogP contribution in [0.25, 0.3) is 22.2 Å². The molecule has 3 N–H and O–H groups in total. The van der Waals surface area contributed by atoms with Gasteiger partial charge in [0.25, 0.3) is 5.91 Å². The maximum absolute atomic E-state index is 12.9. The number of ether oxygens (including phenoxy) is 2. The summed E-state index contributed by atoms with van der Waals surface area (Å²) in [5.74, 6) is -0.136. The summed E-state index contributed by atoms with van der Waals surface area (Å²) in [6, 6.07) is 11.0. The van der Waals surface area contributed by atoms with E-state index >= 15 is 0 Å². The lowest BCUT2D eigenvalue weighted by Crippen LogP contribution is -2.49. The Labute approximate surface area is 258 Å². The Morgan fingerprint density at radius 2 is 1.67 bits per heavy atom. The summed E-state index contributed by atoms with van der Waals surface area (Å²) in [5, 5.41) is 3.54. The zero-order valence-corrected chi connectivity index (χ0v) is 25.2. The molecule has 0 radical (unpaired) electrons. The first kappa shape index (κ1) is 30.7. The van der Waals surface area contributed by atoms with Crippen LogP contribution in [-0.4, -0.2) is 83.0 Å². The minimum Gasteiger partial charge on any atom is -0.495 e. The summed E-state index contributed by atoms with van der Waals surface area (Å²) in [5.41, 5.74) is 9.43. The van der Waals surface area contributed by atoms with Crippen LogP contribution >= 0.6 is 0 Å². The number of nitrogens with one attached hydrogen (secondary N) is 1. The fourth-order valence-corrected chi connectivity index (χ4v) is 6.46. The number of anilines is 2. The molecule has 0 bridgehead atoms. The molecule has 4 aromatic rings. The van der Waals surface area contributed by atoms with Gasteiger partial charge in [-0.15, -0.1) is 13.2 Å². The van der Waals surface area contributed by atoms with Crippen molar-refractivity contribution in [3.63, 3.8) is 0 Å². The highest BCUT2D eigenvalue weighted by atomic mass is 19.4. The Morgan fingerprint density at radius 3 is 2.33 bits per heavy atom. The first-order valence-corrected chi connectivity index (χ1v) is 15.0. The van der Waals surface area contributed by atoms with Gasteiger partial charge in [0.15, 0.2) is 0 Å². The van der Waals surface area contributed by atoms with E-state index in [4.69, 9.17) is 10.5 Å².